The summed E-state index contributed by atoms with van der Waals surface area (Å²) in [6, 6.07) is 9.84. The van der Waals surface area contributed by atoms with Crippen LogP contribution in [0.4, 0.5) is 18.2 Å². The molecule has 2 heterocycles. The van der Waals surface area contributed by atoms with Crippen molar-refractivity contribution < 1.29 is 13.2 Å². The molecule has 1 aromatic heterocycles. The lowest BCUT2D eigenvalue weighted by molar-refractivity contribution is -0.137. The quantitative estimate of drug-likeness (QED) is 0.604. The zero-order chi connectivity index (χ0) is 19.3. The molecule has 1 saturated heterocycles. The zero-order valence-corrected chi connectivity index (χ0v) is 15.9. The highest BCUT2D eigenvalue weighted by atomic mass is 32.1. The Kier molecular flexibility index (Phi) is 6.26. The van der Waals surface area contributed by atoms with Crippen LogP contribution in [0.3, 0.4) is 0 Å². The van der Waals surface area contributed by atoms with Gasteiger partial charge >= 0.3 is 6.18 Å². The monoisotopic (exact) mass is 396 g/mol. The second kappa shape index (κ2) is 8.65. The van der Waals surface area contributed by atoms with Crippen LogP contribution in [0.1, 0.15) is 24.0 Å². The van der Waals surface area contributed by atoms with Gasteiger partial charge in [0.1, 0.15) is 0 Å². The molecular formula is C19H23F3N4S. The number of nitrogens with one attached hydrogen (secondary N) is 2. The maximum Gasteiger partial charge on any atom is 0.416 e. The molecule has 2 N–H and O–H groups in total. The van der Waals surface area contributed by atoms with E-state index in [9.17, 15) is 13.2 Å². The van der Waals surface area contributed by atoms with E-state index in [4.69, 9.17) is 0 Å². The lowest BCUT2D eigenvalue weighted by Gasteiger charge is -2.33. The van der Waals surface area contributed by atoms with Crippen LogP contribution < -0.4 is 15.5 Å². The van der Waals surface area contributed by atoms with Crippen molar-refractivity contribution in [2.45, 2.75) is 31.6 Å². The molecule has 1 aliphatic heterocycles. The molecule has 4 nitrogen and oxygen atoms in total. The van der Waals surface area contributed by atoms with Crippen molar-refractivity contribution in [2.75, 3.05) is 25.0 Å². The van der Waals surface area contributed by atoms with Gasteiger partial charge in [0, 0.05) is 32.7 Å². The predicted molar refractivity (Wildman–Crippen MR) is 104 cm³/mol. The van der Waals surface area contributed by atoms with E-state index in [0.717, 1.165) is 32.0 Å². The normalized spacial score (nSPS) is 16.4. The molecular weight excluding hydrogens is 373 g/mol. The summed E-state index contributed by atoms with van der Waals surface area (Å²) in [7, 11) is 1.67. The Morgan fingerprint density at radius 3 is 2.63 bits per heavy atom. The van der Waals surface area contributed by atoms with Gasteiger partial charge in [0.25, 0.3) is 0 Å². The summed E-state index contributed by atoms with van der Waals surface area (Å²) in [5, 5.41) is 9.87. The van der Waals surface area contributed by atoms with Gasteiger partial charge in [0.15, 0.2) is 5.96 Å². The first kappa shape index (κ1) is 19.5. The van der Waals surface area contributed by atoms with Gasteiger partial charge < -0.3 is 15.5 Å². The number of hydrogen-bond acceptors (Lipinski definition) is 3. The largest absolute Gasteiger partial charge is 0.416 e. The Morgan fingerprint density at radius 1 is 1.22 bits per heavy atom. The van der Waals surface area contributed by atoms with Crippen molar-refractivity contribution in [1.82, 2.24) is 10.6 Å². The summed E-state index contributed by atoms with van der Waals surface area (Å²) in [6.07, 6.45) is -2.35. The molecule has 0 unspecified atom stereocenters. The Labute approximate surface area is 161 Å². The number of benzene rings is 1. The molecule has 0 bridgehead atoms. The Morgan fingerprint density at radius 2 is 2.00 bits per heavy atom. The van der Waals surface area contributed by atoms with Crippen LogP contribution in [0.15, 0.2) is 46.8 Å². The van der Waals surface area contributed by atoms with Crippen molar-refractivity contribution in [1.29, 1.82) is 0 Å². The number of aliphatic imine (C=N–C) groups is 1. The molecule has 27 heavy (non-hydrogen) atoms. The van der Waals surface area contributed by atoms with Crippen molar-refractivity contribution in [3.63, 3.8) is 0 Å². The third kappa shape index (κ3) is 5.38. The summed E-state index contributed by atoms with van der Waals surface area (Å²) in [6.45, 7) is 2.24. The molecule has 146 valence electrons. The van der Waals surface area contributed by atoms with Gasteiger partial charge in [-0.25, -0.2) is 0 Å². The third-order valence-electron chi connectivity index (χ3n) is 4.59. The number of guanidine groups is 1. The van der Waals surface area contributed by atoms with Gasteiger partial charge in [0.2, 0.25) is 0 Å². The van der Waals surface area contributed by atoms with Crippen molar-refractivity contribution in [2.24, 2.45) is 4.99 Å². The SMILES string of the molecule is CN=C(NCc1cccc(C(F)(F)F)c1)NC1CCN(c2cccs2)CC1. The van der Waals surface area contributed by atoms with Crippen LogP contribution in [0.25, 0.3) is 0 Å². The van der Waals surface area contributed by atoms with E-state index in [1.165, 1.54) is 17.1 Å². The number of piperidine rings is 1. The van der Waals surface area contributed by atoms with E-state index < -0.39 is 11.7 Å². The van der Waals surface area contributed by atoms with Gasteiger partial charge in [-0.05, 0) is 48.1 Å². The van der Waals surface area contributed by atoms with Crippen LogP contribution >= 0.6 is 11.3 Å². The standard InChI is InChI=1S/C19H23F3N4S/c1-23-18(24-13-14-4-2-5-15(12-14)19(20,21)22)25-16-7-9-26(10-8-16)17-6-3-11-27-17/h2-6,11-12,16H,7-10,13H2,1H3,(H2,23,24,25). The van der Waals surface area contributed by atoms with Crippen molar-refractivity contribution in [3.8, 4) is 0 Å². The fourth-order valence-corrected chi connectivity index (χ4v) is 3.91. The lowest BCUT2D eigenvalue weighted by atomic mass is 10.1. The molecule has 0 radical (unpaired) electrons. The highest BCUT2D eigenvalue weighted by molar-refractivity contribution is 7.14. The Hall–Kier alpha value is -2.22. The highest BCUT2D eigenvalue weighted by Gasteiger charge is 2.30. The molecule has 8 heteroatoms. The first-order chi connectivity index (χ1) is 13.0. The first-order valence-corrected chi connectivity index (χ1v) is 9.75. The average Bonchev–Trinajstić information content (AvgIpc) is 3.20. The lowest BCUT2D eigenvalue weighted by Crippen LogP contribution is -2.48. The predicted octanol–water partition coefficient (Wildman–Crippen LogP) is 4.10. The molecule has 0 atom stereocenters. The van der Waals surface area contributed by atoms with Gasteiger partial charge in [0.05, 0.1) is 10.6 Å². The van der Waals surface area contributed by atoms with E-state index in [1.54, 1.807) is 24.5 Å². The van der Waals surface area contributed by atoms with Crippen LogP contribution in [0.2, 0.25) is 0 Å². The average molecular weight is 396 g/mol. The molecule has 0 aliphatic carbocycles. The van der Waals surface area contributed by atoms with E-state index in [2.05, 4.69) is 38.0 Å². The fraction of sp³-hybridized carbons (Fsp3) is 0.421. The Bertz CT molecular complexity index is 751. The first-order valence-electron chi connectivity index (χ1n) is 8.87. The summed E-state index contributed by atoms with van der Waals surface area (Å²) in [4.78, 5) is 6.57. The number of nitrogens with zero attached hydrogens (tertiary/aromatic N) is 2. The van der Waals surface area contributed by atoms with Crippen molar-refractivity contribution in [3.05, 3.63) is 52.9 Å². The molecule has 1 aliphatic rings. The van der Waals surface area contributed by atoms with Crippen LogP contribution in [0, 0.1) is 0 Å². The number of anilines is 1. The third-order valence-corrected chi connectivity index (χ3v) is 5.52. The number of hydrogen-bond donors (Lipinski definition) is 2. The molecule has 1 fully saturated rings. The molecule has 3 rings (SSSR count). The van der Waals surface area contributed by atoms with Crippen LogP contribution in [-0.2, 0) is 12.7 Å². The van der Waals surface area contributed by atoms with Crippen LogP contribution in [-0.4, -0.2) is 32.1 Å². The number of rotatable bonds is 4. The summed E-state index contributed by atoms with van der Waals surface area (Å²) in [5.41, 5.74) is -0.0639. The summed E-state index contributed by atoms with van der Waals surface area (Å²) >= 11 is 1.75. The molecule has 0 saturated carbocycles. The van der Waals surface area contributed by atoms with E-state index in [0.29, 0.717) is 17.6 Å². The molecule has 0 amide bonds. The summed E-state index contributed by atoms with van der Waals surface area (Å²) in [5.74, 6) is 0.613. The minimum absolute atomic E-state index is 0.289. The van der Waals surface area contributed by atoms with Gasteiger partial charge in [-0.3, -0.25) is 4.99 Å². The van der Waals surface area contributed by atoms with E-state index in [-0.39, 0.29) is 6.54 Å². The smallest absolute Gasteiger partial charge is 0.363 e. The maximum atomic E-state index is 12.8. The topological polar surface area (TPSA) is 39.7 Å². The second-order valence-electron chi connectivity index (χ2n) is 6.48. The molecule has 2 aromatic rings. The van der Waals surface area contributed by atoms with Gasteiger partial charge in [-0.15, -0.1) is 11.3 Å². The Balaban J connectivity index is 1.49. The van der Waals surface area contributed by atoms with Gasteiger partial charge in [-0.1, -0.05) is 12.1 Å². The molecule has 0 spiro atoms. The number of alkyl halides is 3. The van der Waals surface area contributed by atoms with Gasteiger partial charge in [-0.2, -0.15) is 13.2 Å². The minimum Gasteiger partial charge on any atom is -0.363 e. The zero-order valence-electron chi connectivity index (χ0n) is 15.1. The number of halogens is 3. The minimum atomic E-state index is -4.33. The maximum absolute atomic E-state index is 12.8. The van der Waals surface area contributed by atoms with E-state index >= 15 is 0 Å². The second-order valence-corrected chi connectivity index (χ2v) is 7.41. The fourth-order valence-electron chi connectivity index (χ4n) is 3.13. The highest BCUT2D eigenvalue weighted by Crippen LogP contribution is 2.29. The summed E-state index contributed by atoms with van der Waals surface area (Å²) < 4.78 is 38.4. The van der Waals surface area contributed by atoms with Crippen LogP contribution in [0.5, 0.6) is 0 Å². The van der Waals surface area contributed by atoms with E-state index in [1.807, 2.05) is 0 Å². The number of thiophene rings is 1. The molecule has 1 aromatic carbocycles. The van der Waals surface area contributed by atoms with Crippen molar-refractivity contribution >= 4 is 22.3 Å².